The number of nitrogens with zero attached hydrogens (tertiary/aromatic N) is 1. The Hall–Kier alpha value is -2.08. The molecule has 21 heavy (non-hydrogen) atoms. The minimum atomic E-state index is -0.431. The van der Waals surface area contributed by atoms with E-state index in [1.807, 2.05) is 25.1 Å². The Morgan fingerprint density at radius 2 is 2.10 bits per heavy atom. The van der Waals surface area contributed by atoms with Gasteiger partial charge in [-0.25, -0.2) is 4.39 Å². The summed E-state index contributed by atoms with van der Waals surface area (Å²) in [5.74, 6) is -0.549. The quantitative estimate of drug-likeness (QED) is 0.341. The fraction of sp³-hybridized carbons (Fsp3) is 0.133. The number of hydrogen-bond donors (Lipinski definition) is 3. The number of benzene rings is 2. The summed E-state index contributed by atoms with van der Waals surface area (Å²) < 4.78 is 14.5. The van der Waals surface area contributed by atoms with Gasteiger partial charge in [0.1, 0.15) is 5.82 Å². The van der Waals surface area contributed by atoms with Gasteiger partial charge in [0.25, 0.3) is 0 Å². The van der Waals surface area contributed by atoms with Crippen LogP contribution in [0.2, 0.25) is 0 Å². The van der Waals surface area contributed by atoms with Crippen LogP contribution in [0.5, 0.6) is 0 Å². The Morgan fingerprint density at radius 3 is 2.81 bits per heavy atom. The molecule has 2 rings (SSSR count). The molecule has 6 heteroatoms. The fourth-order valence-corrected chi connectivity index (χ4v) is 2.32. The lowest BCUT2D eigenvalue weighted by Gasteiger charge is -2.11. The topological polar surface area (TPSA) is 70.6 Å². The summed E-state index contributed by atoms with van der Waals surface area (Å²) in [5.41, 5.74) is 8.58. The van der Waals surface area contributed by atoms with Crippen molar-refractivity contribution in [1.29, 1.82) is 0 Å². The van der Waals surface area contributed by atoms with E-state index in [-0.39, 0.29) is 5.84 Å². The van der Waals surface area contributed by atoms with Crippen molar-refractivity contribution >= 4 is 27.5 Å². The molecule has 0 spiro atoms. The minimum Gasteiger partial charge on any atom is -0.409 e. The molecule has 0 unspecified atom stereocenters. The van der Waals surface area contributed by atoms with Crippen molar-refractivity contribution in [2.45, 2.75) is 13.5 Å². The molecular formula is C15H15BrFN3O. The van der Waals surface area contributed by atoms with E-state index in [0.717, 1.165) is 15.7 Å². The van der Waals surface area contributed by atoms with E-state index in [0.29, 0.717) is 17.7 Å². The number of aryl methyl sites for hydroxylation is 1. The average Bonchev–Trinajstić information content (AvgIpc) is 2.46. The lowest BCUT2D eigenvalue weighted by Crippen LogP contribution is -2.14. The largest absolute Gasteiger partial charge is 0.409 e. The molecule has 0 amide bonds. The van der Waals surface area contributed by atoms with Crippen molar-refractivity contribution in [3.63, 3.8) is 0 Å². The van der Waals surface area contributed by atoms with Gasteiger partial charge >= 0.3 is 0 Å². The van der Waals surface area contributed by atoms with Gasteiger partial charge in [-0.3, -0.25) is 0 Å². The molecule has 0 fully saturated rings. The van der Waals surface area contributed by atoms with Crippen molar-refractivity contribution in [2.24, 2.45) is 10.9 Å². The molecule has 0 radical (unpaired) electrons. The fourth-order valence-electron chi connectivity index (χ4n) is 1.93. The van der Waals surface area contributed by atoms with Crippen molar-refractivity contribution in [1.82, 2.24) is 0 Å². The highest BCUT2D eigenvalue weighted by Gasteiger charge is 2.06. The summed E-state index contributed by atoms with van der Waals surface area (Å²) in [6.45, 7) is 2.42. The molecule has 2 aromatic rings. The smallest absolute Gasteiger partial charge is 0.170 e. The van der Waals surface area contributed by atoms with Gasteiger partial charge in [0, 0.05) is 22.3 Å². The summed E-state index contributed by atoms with van der Waals surface area (Å²) in [7, 11) is 0. The Balaban J connectivity index is 2.20. The zero-order valence-corrected chi connectivity index (χ0v) is 13.0. The van der Waals surface area contributed by atoms with Gasteiger partial charge in [-0.05, 0) is 64.3 Å². The SMILES string of the molecule is Cc1ccc(Br)c(NCc2cc(F)cc(/C(N)=N/O)c2)c1. The Morgan fingerprint density at radius 1 is 1.33 bits per heavy atom. The maximum Gasteiger partial charge on any atom is 0.170 e. The molecule has 0 heterocycles. The van der Waals surface area contributed by atoms with Gasteiger partial charge in [0.05, 0.1) is 0 Å². The van der Waals surface area contributed by atoms with Gasteiger partial charge in [0.2, 0.25) is 0 Å². The van der Waals surface area contributed by atoms with Crippen LogP contribution in [0.25, 0.3) is 0 Å². The predicted octanol–water partition coefficient (Wildman–Crippen LogP) is 3.60. The van der Waals surface area contributed by atoms with Crippen LogP contribution in [0.4, 0.5) is 10.1 Å². The number of hydrogen-bond acceptors (Lipinski definition) is 3. The second kappa shape index (κ2) is 6.58. The first-order valence-electron chi connectivity index (χ1n) is 6.27. The van der Waals surface area contributed by atoms with E-state index in [1.165, 1.54) is 12.1 Å². The minimum absolute atomic E-state index is 0.118. The molecule has 0 bridgehead atoms. The van der Waals surface area contributed by atoms with E-state index < -0.39 is 5.82 Å². The molecule has 0 saturated heterocycles. The highest BCUT2D eigenvalue weighted by Crippen LogP contribution is 2.24. The lowest BCUT2D eigenvalue weighted by molar-refractivity contribution is 0.318. The molecule has 0 saturated carbocycles. The molecule has 0 atom stereocenters. The lowest BCUT2D eigenvalue weighted by atomic mass is 10.1. The molecule has 0 aromatic heterocycles. The van der Waals surface area contributed by atoms with Gasteiger partial charge < -0.3 is 16.3 Å². The summed E-state index contributed by atoms with van der Waals surface area (Å²) in [6.07, 6.45) is 0. The van der Waals surface area contributed by atoms with E-state index in [9.17, 15) is 4.39 Å². The number of rotatable bonds is 4. The van der Waals surface area contributed by atoms with E-state index >= 15 is 0 Å². The number of nitrogens with two attached hydrogens (primary N) is 1. The van der Waals surface area contributed by atoms with Crippen LogP contribution in [-0.2, 0) is 6.54 Å². The van der Waals surface area contributed by atoms with Crippen LogP contribution in [0.3, 0.4) is 0 Å². The Bertz CT molecular complexity index is 689. The van der Waals surface area contributed by atoms with Gasteiger partial charge in [0.15, 0.2) is 5.84 Å². The van der Waals surface area contributed by atoms with Crippen LogP contribution in [0.1, 0.15) is 16.7 Å². The van der Waals surface area contributed by atoms with Gasteiger partial charge in [-0.2, -0.15) is 0 Å². The monoisotopic (exact) mass is 351 g/mol. The standard InChI is InChI=1S/C15H15BrFN3O/c1-9-2-3-13(16)14(4-9)19-8-10-5-11(15(18)20-21)7-12(17)6-10/h2-7,19,21H,8H2,1H3,(H2,18,20). The molecule has 110 valence electrons. The maximum absolute atomic E-state index is 13.6. The average molecular weight is 352 g/mol. The van der Waals surface area contributed by atoms with E-state index in [2.05, 4.69) is 26.4 Å². The first-order valence-corrected chi connectivity index (χ1v) is 7.06. The number of nitrogens with one attached hydrogen (secondary N) is 1. The molecule has 4 nitrogen and oxygen atoms in total. The van der Waals surface area contributed by atoms with Crippen LogP contribution in [-0.4, -0.2) is 11.0 Å². The third-order valence-corrected chi connectivity index (χ3v) is 3.66. The number of anilines is 1. The third-order valence-electron chi connectivity index (χ3n) is 2.97. The predicted molar refractivity (Wildman–Crippen MR) is 85.1 cm³/mol. The normalized spacial score (nSPS) is 11.5. The van der Waals surface area contributed by atoms with Gasteiger partial charge in [-0.15, -0.1) is 0 Å². The first-order chi connectivity index (χ1) is 9.99. The zero-order chi connectivity index (χ0) is 15.4. The number of halogens is 2. The maximum atomic E-state index is 13.6. The Labute approximate surface area is 130 Å². The highest BCUT2D eigenvalue weighted by molar-refractivity contribution is 9.10. The second-order valence-corrected chi connectivity index (χ2v) is 5.52. The Kier molecular flexibility index (Phi) is 4.80. The first kappa shape index (κ1) is 15.3. The van der Waals surface area contributed by atoms with Crippen LogP contribution < -0.4 is 11.1 Å². The summed E-state index contributed by atoms with van der Waals surface area (Å²) in [6, 6.07) is 10.2. The van der Waals surface area contributed by atoms with Gasteiger partial charge in [-0.1, -0.05) is 11.2 Å². The molecule has 2 aromatic carbocycles. The van der Waals surface area contributed by atoms with Crippen molar-refractivity contribution in [2.75, 3.05) is 5.32 Å². The number of oxime groups is 1. The van der Waals surface area contributed by atoms with E-state index in [1.54, 1.807) is 6.07 Å². The van der Waals surface area contributed by atoms with Crippen LogP contribution in [0.15, 0.2) is 46.0 Å². The molecule has 0 aliphatic heterocycles. The summed E-state index contributed by atoms with van der Waals surface area (Å²) >= 11 is 3.46. The second-order valence-electron chi connectivity index (χ2n) is 4.67. The summed E-state index contributed by atoms with van der Waals surface area (Å²) in [5, 5.41) is 14.8. The van der Waals surface area contributed by atoms with Crippen molar-refractivity contribution < 1.29 is 9.60 Å². The van der Waals surface area contributed by atoms with Crippen molar-refractivity contribution in [3.8, 4) is 0 Å². The third kappa shape index (κ3) is 3.95. The highest BCUT2D eigenvalue weighted by atomic mass is 79.9. The number of amidine groups is 1. The molecule has 4 N–H and O–H groups in total. The molecular weight excluding hydrogens is 337 g/mol. The van der Waals surface area contributed by atoms with Crippen LogP contribution >= 0.6 is 15.9 Å². The molecule has 0 aliphatic carbocycles. The van der Waals surface area contributed by atoms with Crippen molar-refractivity contribution in [3.05, 3.63) is 63.4 Å². The summed E-state index contributed by atoms with van der Waals surface area (Å²) in [4.78, 5) is 0. The van der Waals surface area contributed by atoms with E-state index in [4.69, 9.17) is 10.9 Å². The molecule has 0 aliphatic rings. The zero-order valence-electron chi connectivity index (χ0n) is 11.4. The van der Waals surface area contributed by atoms with Crippen LogP contribution in [0, 0.1) is 12.7 Å².